The van der Waals surface area contributed by atoms with Crippen LogP contribution in [0.1, 0.15) is 11.3 Å². The Kier molecular flexibility index (Phi) is 3.45. The Morgan fingerprint density at radius 1 is 1.24 bits per heavy atom. The fraction of sp³-hybridized carbons (Fsp3) is 0.133. The summed E-state index contributed by atoms with van der Waals surface area (Å²) in [5.41, 5.74) is 7.41. The van der Waals surface area contributed by atoms with E-state index in [-0.39, 0.29) is 24.6 Å². The molecule has 0 aliphatic heterocycles. The van der Waals surface area contributed by atoms with Crippen LogP contribution in [0.2, 0.25) is 0 Å². The van der Waals surface area contributed by atoms with Crippen molar-refractivity contribution < 1.29 is 4.39 Å². The number of benzene rings is 1. The number of fused-ring (bicyclic) bond motifs is 1. The molecular formula is C15H14FN5. The number of nitrogens with one attached hydrogen (secondary N) is 1. The van der Waals surface area contributed by atoms with Crippen LogP contribution in [0.3, 0.4) is 0 Å². The average molecular weight is 283 g/mol. The van der Waals surface area contributed by atoms with Gasteiger partial charge in [0, 0.05) is 23.7 Å². The van der Waals surface area contributed by atoms with E-state index in [2.05, 4.69) is 10.1 Å². The minimum atomic E-state index is -0.285. The molecule has 21 heavy (non-hydrogen) atoms. The highest BCUT2D eigenvalue weighted by molar-refractivity contribution is 6.07. The fourth-order valence-electron chi connectivity index (χ4n) is 2.23. The Labute approximate surface area is 120 Å². The van der Waals surface area contributed by atoms with Crippen LogP contribution >= 0.6 is 0 Å². The number of nitrogens with zero attached hydrogens (tertiary/aromatic N) is 3. The van der Waals surface area contributed by atoms with E-state index >= 15 is 0 Å². The third-order valence-electron chi connectivity index (χ3n) is 3.27. The standard InChI is InChI=1S/C15H14FN5/c16-12-6-2-1-4-10(12)9-21-15-11(5-3-7-19-15)14(20-21)13(18)8-17/h1-7,18H,8-9,17H2. The summed E-state index contributed by atoms with van der Waals surface area (Å²) < 4.78 is 15.4. The predicted molar refractivity (Wildman–Crippen MR) is 78.9 cm³/mol. The zero-order chi connectivity index (χ0) is 14.8. The molecular weight excluding hydrogens is 269 g/mol. The molecule has 3 aromatic rings. The van der Waals surface area contributed by atoms with Gasteiger partial charge in [0.1, 0.15) is 11.5 Å². The molecule has 2 heterocycles. The normalized spacial score (nSPS) is 11.0. The molecule has 6 heteroatoms. The highest BCUT2D eigenvalue weighted by Gasteiger charge is 2.15. The van der Waals surface area contributed by atoms with E-state index < -0.39 is 0 Å². The molecule has 0 aliphatic rings. The largest absolute Gasteiger partial charge is 0.325 e. The molecule has 0 amide bonds. The number of halogens is 1. The van der Waals surface area contributed by atoms with E-state index in [0.717, 1.165) is 5.39 Å². The summed E-state index contributed by atoms with van der Waals surface area (Å²) >= 11 is 0. The zero-order valence-electron chi connectivity index (χ0n) is 11.3. The Morgan fingerprint density at radius 2 is 2.05 bits per heavy atom. The lowest BCUT2D eigenvalue weighted by Crippen LogP contribution is -2.15. The van der Waals surface area contributed by atoms with Gasteiger partial charge in [0.15, 0.2) is 5.65 Å². The Balaban J connectivity index is 2.11. The summed E-state index contributed by atoms with van der Waals surface area (Å²) in [7, 11) is 0. The second-order valence-electron chi connectivity index (χ2n) is 4.65. The third-order valence-corrected chi connectivity index (χ3v) is 3.27. The van der Waals surface area contributed by atoms with Gasteiger partial charge in [-0.1, -0.05) is 18.2 Å². The average Bonchev–Trinajstić information content (AvgIpc) is 2.88. The van der Waals surface area contributed by atoms with Gasteiger partial charge in [-0.05, 0) is 18.2 Å². The lowest BCUT2D eigenvalue weighted by Gasteiger charge is -2.04. The van der Waals surface area contributed by atoms with Crippen molar-refractivity contribution in [2.24, 2.45) is 5.73 Å². The van der Waals surface area contributed by atoms with Gasteiger partial charge >= 0.3 is 0 Å². The Hall–Kier alpha value is -2.60. The van der Waals surface area contributed by atoms with E-state index in [4.69, 9.17) is 11.1 Å². The number of aromatic nitrogens is 3. The van der Waals surface area contributed by atoms with E-state index in [1.807, 2.05) is 6.07 Å². The summed E-state index contributed by atoms with van der Waals surface area (Å²) in [5.74, 6) is -0.285. The first-order valence-electron chi connectivity index (χ1n) is 6.53. The first-order chi connectivity index (χ1) is 10.2. The van der Waals surface area contributed by atoms with Crippen LogP contribution in [-0.2, 0) is 6.54 Å². The van der Waals surface area contributed by atoms with Crippen molar-refractivity contribution in [3.8, 4) is 0 Å². The monoisotopic (exact) mass is 283 g/mol. The van der Waals surface area contributed by atoms with Gasteiger partial charge in [0.05, 0.1) is 12.3 Å². The summed E-state index contributed by atoms with van der Waals surface area (Å²) in [4.78, 5) is 4.28. The molecule has 0 aliphatic carbocycles. The molecule has 0 saturated carbocycles. The van der Waals surface area contributed by atoms with Crippen molar-refractivity contribution in [3.63, 3.8) is 0 Å². The maximum absolute atomic E-state index is 13.8. The lowest BCUT2D eigenvalue weighted by atomic mass is 10.2. The van der Waals surface area contributed by atoms with Crippen LogP contribution in [0, 0.1) is 11.2 Å². The topological polar surface area (TPSA) is 80.6 Å². The zero-order valence-corrected chi connectivity index (χ0v) is 11.3. The van der Waals surface area contributed by atoms with Gasteiger partial charge in [-0.2, -0.15) is 5.10 Å². The molecule has 0 fully saturated rings. The van der Waals surface area contributed by atoms with E-state index in [1.165, 1.54) is 6.07 Å². The first kappa shape index (κ1) is 13.4. The molecule has 0 unspecified atom stereocenters. The minimum absolute atomic E-state index is 0.0979. The molecule has 0 spiro atoms. The second kappa shape index (κ2) is 5.41. The maximum Gasteiger partial charge on any atom is 0.158 e. The molecule has 0 bridgehead atoms. The summed E-state index contributed by atoms with van der Waals surface area (Å²) in [6.45, 7) is 0.360. The van der Waals surface area contributed by atoms with Crippen molar-refractivity contribution in [2.45, 2.75) is 6.54 Å². The van der Waals surface area contributed by atoms with Crippen molar-refractivity contribution >= 4 is 16.7 Å². The molecule has 0 saturated heterocycles. The summed E-state index contributed by atoms with van der Waals surface area (Å²) in [6, 6.07) is 10.2. The molecule has 0 atom stereocenters. The third kappa shape index (κ3) is 2.41. The Morgan fingerprint density at radius 3 is 2.81 bits per heavy atom. The number of hydrogen-bond acceptors (Lipinski definition) is 4. The minimum Gasteiger partial charge on any atom is -0.325 e. The lowest BCUT2D eigenvalue weighted by molar-refractivity contribution is 0.589. The summed E-state index contributed by atoms with van der Waals surface area (Å²) in [5, 5.41) is 13.0. The van der Waals surface area contributed by atoms with Gasteiger partial charge in [-0.3, -0.25) is 0 Å². The highest BCUT2D eigenvalue weighted by Crippen LogP contribution is 2.18. The van der Waals surface area contributed by atoms with E-state index in [0.29, 0.717) is 16.9 Å². The van der Waals surface area contributed by atoms with Crippen LogP contribution in [0.5, 0.6) is 0 Å². The number of hydrogen-bond donors (Lipinski definition) is 2. The van der Waals surface area contributed by atoms with E-state index in [9.17, 15) is 4.39 Å². The second-order valence-corrected chi connectivity index (χ2v) is 4.65. The van der Waals surface area contributed by atoms with Crippen molar-refractivity contribution in [2.75, 3.05) is 6.54 Å². The number of nitrogens with two attached hydrogens (primary N) is 1. The van der Waals surface area contributed by atoms with Crippen LogP contribution < -0.4 is 5.73 Å². The van der Waals surface area contributed by atoms with Crippen LogP contribution in [0.15, 0.2) is 42.6 Å². The fourth-order valence-corrected chi connectivity index (χ4v) is 2.23. The van der Waals surface area contributed by atoms with Gasteiger partial charge < -0.3 is 11.1 Å². The van der Waals surface area contributed by atoms with Crippen molar-refractivity contribution in [1.82, 2.24) is 14.8 Å². The van der Waals surface area contributed by atoms with E-state index in [1.54, 1.807) is 35.1 Å². The Bertz CT molecular complexity index is 809. The molecule has 0 radical (unpaired) electrons. The maximum atomic E-state index is 13.8. The molecule has 3 N–H and O–H groups in total. The number of rotatable bonds is 4. The van der Waals surface area contributed by atoms with Crippen LogP contribution in [-0.4, -0.2) is 27.0 Å². The molecule has 2 aromatic heterocycles. The molecule has 1 aromatic carbocycles. The SMILES string of the molecule is N=C(CN)c1nn(Cc2ccccc2F)c2ncccc12. The van der Waals surface area contributed by atoms with Crippen molar-refractivity contribution in [1.29, 1.82) is 5.41 Å². The smallest absolute Gasteiger partial charge is 0.158 e. The van der Waals surface area contributed by atoms with Crippen molar-refractivity contribution in [3.05, 3.63) is 59.7 Å². The summed E-state index contributed by atoms with van der Waals surface area (Å²) in [6.07, 6.45) is 1.65. The number of pyridine rings is 1. The van der Waals surface area contributed by atoms with Gasteiger partial charge in [0.25, 0.3) is 0 Å². The van der Waals surface area contributed by atoms with Crippen LogP contribution in [0.4, 0.5) is 4.39 Å². The highest BCUT2D eigenvalue weighted by atomic mass is 19.1. The van der Waals surface area contributed by atoms with Gasteiger partial charge in [-0.25, -0.2) is 14.1 Å². The molecule has 5 nitrogen and oxygen atoms in total. The van der Waals surface area contributed by atoms with Gasteiger partial charge in [0.2, 0.25) is 0 Å². The quantitative estimate of drug-likeness (QED) is 0.718. The first-order valence-corrected chi connectivity index (χ1v) is 6.53. The van der Waals surface area contributed by atoms with Crippen LogP contribution in [0.25, 0.3) is 11.0 Å². The molecule has 3 rings (SSSR count). The predicted octanol–water partition coefficient (Wildman–Crippen LogP) is 1.95. The van der Waals surface area contributed by atoms with Gasteiger partial charge in [-0.15, -0.1) is 0 Å². The molecule has 106 valence electrons.